The van der Waals surface area contributed by atoms with Gasteiger partial charge in [0.15, 0.2) is 0 Å². The molecular weight excluding hydrogens is 565 g/mol. The number of hydrogen-bond acceptors (Lipinski definition) is 0. The van der Waals surface area contributed by atoms with Crippen molar-refractivity contribution in [3.63, 3.8) is 0 Å². The van der Waals surface area contributed by atoms with Crippen LogP contribution in [0.4, 0.5) is 0 Å². The first-order valence-electron chi connectivity index (χ1n) is 11.4. The van der Waals surface area contributed by atoms with Crippen LogP contribution < -0.4 is 0 Å². The first-order valence-corrected chi connectivity index (χ1v) is 4.29. The van der Waals surface area contributed by atoms with Gasteiger partial charge in [-0.2, -0.15) is 0 Å². The van der Waals surface area contributed by atoms with Gasteiger partial charge in [-0.05, 0) is 0 Å². The van der Waals surface area contributed by atoms with E-state index in [0.29, 0.717) is 0 Å². The van der Waals surface area contributed by atoms with E-state index in [2.05, 4.69) is 6.42 Å². The molecule has 0 aromatic rings. The largest absolute Gasteiger partial charge is 0.124 e. The molecule has 0 aliphatic heterocycles. The highest BCUT2D eigenvalue weighted by atomic mass is 14.0. The molecule has 2 aliphatic rings. The van der Waals surface area contributed by atoms with E-state index < -0.39 is 0 Å². The molecule has 47 heavy (non-hydrogen) atoms. The zero-order valence-corrected chi connectivity index (χ0v) is 9.56. The van der Waals surface area contributed by atoms with E-state index in [0.717, 1.165) is 0 Å². The average Bonchev–Trinajstić information content (AvgIpc) is 2.41. The van der Waals surface area contributed by atoms with Gasteiger partial charge in [0, 0.05) is 15.4 Å². The van der Waals surface area contributed by atoms with E-state index in [1.807, 2.05) is 0 Å². The Morgan fingerprint density at radius 1 is 0.255 bits per heavy atom. The van der Waals surface area contributed by atoms with E-state index in [4.69, 9.17) is 15.3 Å². The van der Waals surface area contributed by atoms with Crippen molar-refractivity contribution < 1.29 is 16.7 Å². The fourth-order valence-electron chi connectivity index (χ4n) is 0.500. The van der Waals surface area contributed by atoms with Crippen molar-refractivity contribution in [2.75, 3.05) is 0 Å². The molecule has 0 saturated heterocycles. The fraction of sp³-hybridized carbons (Fsp3) is 0.957. The van der Waals surface area contributed by atoms with Gasteiger partial charge in [0.1, 0.15) is 1.37 Å². The first-order chi connectivity index (χ1) is 12.1. The molecule has 0 heterocycles. The number of rotatable bonds is 0. The van der Waals surface area contributed by atoms with Gasteiger partial charge in [0.2, 0.25) is 0 Å². The zero-order valence-electron chi connectivity index (χ0n) is 20.6. The third-order valence-electron chi connectivity index (χ3n) is 2.00. The molecule has 0 aromatic carbocycles. The Kier molecular flexibility index (Phi) is 9450. The summed E-state index contributed by atoms with van der Waals surface area (Å²) in [5.74, 6) is 0. The minimum Gasteiger partial charge on any atom is -0.124 e. The van der Waals surface area contributed by atoms with Crippen LogP contribution in [0.5, 0.6) is 0 Å². The second kappa shape index (κ2) is 1580. The minimum absolute atomic E-state index is 0. The second-order valence-electron chi connectivity index (χ2n) is 2.83. The first kappa shape index (κ1) is 281. The van der Waals surface area contributed by atoms with Crippen LogP contribution in [0.25, 0.3) is 0 Å². The van der Waals surface area contributed by atoms with E-state index in [1.54, 1.807) is 0 Å². The van der Waals surface area contributed by atoms with Crippen LogP contribution in [-0.2, 0) is 0 Å². The van der Waals surface area contributed by atoms with E-state index in [9.17, 15) is 0 Å². The van der Waals surface area contributed by atoms with Gasteiger partial charge in [-0.15, -0.1) is 12.8 Å². The van der Waals surface area contributed by atoms with Crippen LogP contribution in [0.15, 0.2) is 0 Å². The maximum absolute atomic E-state index is 5.88. The lowest BCUT2D eigenvalue weighted by Gasteiger charge is -2.05. The molecule has 2 saturated carbocycles. The summed E-state index contributed by atoms with van der Waals surface area (Å²) in [4.78, 5) is 0. The molecule has 0 atom stereocenters. The van der Waals surface area contributed by atoms with Crippen LogP contribution in [0.3, 0.4) is 0 Å². The second-order valence-corrected chi connectivity index (χ2v) is 2.83. The fourth-order valence-corrected chi connectivity index (χ4v) is 0.500. The summed E-state index contributed by atoms with van der Waals surface area (Å²) in [5, 5.41) is 0. The SMILES string of the molecule is C.C.C.C.C.C.C.C.C.C.C.C.C.C.C.C.C.C.C.C.C.C.C.C.C.C.C.C.C.C.C.C.C.C1CCC1.C1CCC1.[3HH].[3H]C#C.[3H]C[3H].[3H]C[3H].[3H]C[3H].[3H]C[3H].[3H][3H]. The van der Waals surface area contributed by atoms with Gasteiger partial charge in [0.05, 0.1) is 0 Å². The molecule has 0 N–H and O–H groups in total. The summed E-state index contributed by atoms with van der Waals surface area (Å²) in [5.41, 5.74) is 0. The Balaban J connectivity index is -0.00000000171. The van der Waals surface area contributed by atoms with E-state index >= 15 is 0 Å². The lowest BCUT2D eigenvalue weighted by Crippen LogP contribution is -1.85. The Hall–Kier alpha value is -0.440. The Morgan fingerprint density at radius 2 is 0.277 bits per heavy atom. The van der Waals surface area contributed by atoms with Gasteiger partial charge >= 0.3 is 0 Å². The maximum atomic E-state index is 5.88. The lowest BCUT2D eigenvalue weighted by atomic mass is 10.0. The predicted molar refractivity (Wildman–Crippen MR) is 300 cm³/mol. The Morgan fingerprint density at radius 3 is 0.277 bits per heavy atom. The van der Waals surface area contributed by atoms with Crippen molar-refractivity contribution in [1.82, 2.24) is 0 Å². The topological polar surface area (TPSA) is 0 Å². The molecule has 2 rings (SSSR count). The molecule has 0 bridgehead atoms. The molecular formula is C47H170. The van der Waals surface area contributed by atoms with Gasteiger partial charge < -0.3 is 0 Å². The summed E-state index contributed by atoms with van der Waals surface area (Å²) in [6.07, 6.45) is 17.8. The molecule has 0 radical (unpaired) electrons. The van der Waals surface area contributed by atoms with Crippen molar-refractivity contribution >= 4 is 0 Å². The van der Waals surface area contributed by atoms with Crippen molar-refractivity contribution in [2.24, 2.45) is 0 Å². The average molecular weight is 760 g/mol. The van der Waals surface area contributed by atoms with Gasteiger partial charge in [0.25, 0.3) is 0 Å². The highest BCUT2D eigenvalue weighted by Gasteiger charge is 1.95. The number of terminal acetylenes is 1. The summed E-state index contributed by atoms with van der Waals surface area (Å²) >= 11 is 0. The summed E-state index contributed by atoms with van der Waals surface area (Å²) in [6.45, 7) is 0. The van der Waals surface area contributed by atoms with E-state index in [-0.39, 0.29) is 276 Å². The summed E-state index contributed by atoms with van der Waals surface area (Å²) < 4.78 is 62.7. The highest BCUT2D eigenvalue weighted by Crippen LogP contribution is 2.15. The third kappa shape index (κ3) is 1510. The van der Waals surface area contributed by atoms with Crippen LogP contribution in [0.2, 0.25) is 0 Å². The lowest BCUT2D eigenvalue weighted by molar-refractivity contribution is 0.504. The highest BCUT2D eigenvalue weighted by molar-refractivity contribution is 4.51. The van der Waals surface area contributed by atoms with E-state index in [1.165, 1.54) is 57.8 Å². The Bertz CT molecular complexity index is 152. The van der Waals surface area contributed by atoms with Crippen molar-refractivity contribution in [3.05, 3.63) is 0 Å². The van der Waals surface area contributed by atoms with Crippen LogP contribution in [-0.4, -0.2) is 0 Å². The Labute approximate surface area is 355 Å². The molecule has 0 spiro atoms. The number of hydrogen-bond donors (Lipinski definition) is 0. The maximum Gasteiger partial charge on any atom is 0.124 e. The molecule has 2 aliphatic carbocycles. The molecule has 0 aromatic heterocycles. The zero-order chi connectivity index (χ0) is 21.2. The van der Waals surface area contributed by atoms with Crippen LogP contribution >= 0.6 is 0 Å². The quantitative estimate of drug-likeness (QED) is 0.216. The predicted octanol–water partition coefficient (Wildman–Crippen LogP) is 27.4. The standard InChI is InChI=1S/2C4H8.C2H2.37CH4.2H2/c2*1-2-4-3-1;1-2;;;;;;;;;;;;;;;;;;;;;;;;;;;;;;;;;;;;;;;/h2*1-4H2;1-2H;37*1H4;2*1H/i;;1T;4*1T2;;;;;;;;;;;;;;;;;;;;;;;;;;;;;;;;;;1+2T;1+2. The molecule has 0 nitrogen and oxygen atoms in total. The summed E-state index contributed by atoms with van der Waals surface area (Å²) in [7, 11) is -1.00. The smallest absolute Gasteiger partial charge is 0.124 e. The molecule has 0 heteroatoms. The van der Waals surface area contributed by atoms with Gasteiger partial charge in [-0.1, -0.05) is 326 Å². The monoisotopic (exact) mass is 759 g/mol. The third-order valence-corrected chi connectivity index (χ3v) is 2.00. The van der Waals surface area contributed by atoms with Crippen molar-refractivity contribution in [3.8, 4) is 12.8 Å². The van der Waals surface area contributed by atoms with Crippen LogP contribution in [0, 0.1) is 12.8 Å². The van der Waals surface area contributed by atoms with Crippen molar-refractivity contribution in [2.45, 2.75) is 326 Å². The minimum atomic E-state index is -0.250. The van der Waals surface area contributed by atoms with Gasteiger partial charge in [-0.3, -0.25) is 0 Å². The molecule has 358 valence electrons. The van der Waals surface area contributed by atoms with Gasteiger partial charge in [-0.25, -0.2) is 0 Å². The van der Waals surface area contributed by atoms with Crippen molar-refractivity contribution in [1.29, 1.82) is 0 Å². The summed E-state index contributed by atoms with van der Waals surface area (Å²) in [6, 6.07) is 0. The molecule has 2 fully saturated rings. The van der Waals surface area contributed by atoms with Crippen LogP contribution in [0.1, 0.15) is 343 Å². The molecule has 0 amide bonds. The normalized spacial score (nSPS) is 6.15. The molecule has 0 unspecified atom stereocenters.